The molecule has 0 aliphatic carbocycles. The van der Waals surface area contributed by atoms with Gasteiger partial charge >= 0.3 is 17.1 Å². The first kappa shape index (κ1) is 37.7. The Morgan fingerprint density at radius 1 is 0.800 bits per heavy atom. The van der Waals surface area contributed by atoms with Crippen molar-refractivity contribution in [1.82, 2.24) is 0 Å². The molecule has 0 spiro atoms. The van der Waals surface area contributed by atoms with Crippen LogP contribution in [0.15, 0.2) is 65.8 Å². The van der Waals surface area contributed by atoms with Crippen LogP contribution < -0.4 is 0 Å². The van der Waals surface area contributed by atoms with E-state index >= 15 is 0 Å². The van der Waals surface area contributed by atoms with Crippen molar-refractivity contribution in [3.05, 3.63) is 95.3 Å². The molecule has 3 nitrogen and oxygen atoms in total. The van der Waals surface area contributed by atoms with Crippen LogP contribution in [0.4, 0.5) is 11.4 Å². The summed E-state index contributed by atoms with van der Waals surface area (Å²) in [4.78, 5) is 5.08. The first-order valence-electron chi connectivity index (χ1n) is 14.6. The number of hydrogen-bond donors (Lipinski definition) is 0. The Balaban J connectivity index is 0.00000146. The Hall–Kier alpha value is -2.26. The summed E-state index contributed by atoms with van der Waals surface area (Å²) >= 11 is 0. The largest absolute Gasteiger partial charge is 2.00 e. The van der Waals surface area contributed by atoms with Crippen molar-refractivity contribution in [3.8, 4) is 0 Å². The third kappa shape index (κ3) is 12.5. The van der Waals surface area contributed by atoms with Crippen LogP contribution in [0.25, 0.3) is 5.32 Å². The van der Waals surface area contributed by atoms with E-state index in [2.05, 4.69) is 125 Å². The maximum absolute atomic E-state index is 5.08. The van der Waals surface area contributed by atoms with Crippen molar-refractivity contribution in [2.75, 3.05) is 13.2 Å². The predicted molar refractivity (Wildman–Crippen MR) is 174 cm³/mol. The van der Waals surface area contributed by atoms with Gasteiger partial charge in [-0.25, -0.2) is 19.6 Å². The normalized spacial score (nSPS) is 13.4. The van der Waals surface area contributed by atoms with E-state index in [4.69, 9.17) is 15.0 Å². The summed E-state index contributed by atoms with van der Waals surface area (Å²) in [7, 11) is 0. The number of nitrogens with zero attached hydrogens (tertiary/aromatic N) is 2. The second-order valence-corrected chi connectivity index (χ2v) is 11.4. The smallest absolute Gasteiger partial charge is 0.661 e. The van der Waals surface area contributed by atoms with E-state index in [9.17, 15) is 0 Å². The summed E-state index contributed by atoms with van der Waals surface area (Å²) in [5, 5.41) is 5.08. The Morgan fingerprint density at radius 3 is 1.50 bits per heavy atom. The summed E-state index contributed by atoms with van der Waals surface area (Å²) in [5.41, 5.74) is 9.45. The molecule has 1 heterocycles. The quantitative estimate of drug-likeness (QED) is 0.172. The summed E-state index contributed by atoms with van der Waals surface area (Å²) in [5.74, 6) is 1.75. The van der Waals surface area contributed by atoms with E-state index < -0.39 is 0 Å². The van der Waals surface area contributed by atoms with Crippen LogP contribution in [0.1, 0.15) is 128 Å². The Labute approximate surface area is 257 Å². The van der Waals surface area contributed by atoms with Gasteiger partial charge in [-0.15, -0.1) is 5.69 Å². The number of allylic oxidation sites excluding steroid dienone is 3. The minimum atomic E-state index is 0. The fourth-order valence-electron chi connectivity index (χ4n) is 4.51. The molecule has 0 amide bonds. The van der Waals surface area contributed by atoms with Crippen LogP contribution in [-0.2, 0) is 21.8 Å². The fourth-order valence-corrected chi connectivity index (χ4v) is 4.51. The summed E-state index contributed by atoms with van der Waals surface area (Å²) < 4.78 is 4.94. The zero-order chi connectivity index (χ0) is 29.5. The maximum atomic E-state index is 5.08. The molecule has 1 radical (unpaired) electrons. The van der Waals surface area contributed by atoms with Gasteiger partial charge in [0.05, 0.1) is 5.69 Å². The van der Waals surface area contributed by atoms with Crippen molar-refractivity contribution in [2.45, 2.75) is 106 Å². The van der Waals surface area contributed by atoms with Crippen molar-refractivity contribution in [3.63, 3.8) is 0 Å². The topological polar surface area (TPSA) is 35.7 Å². The monoisotopic (exact) mass is 585 g/mol. The number of para-hydroxylation sites is 2. The zero-order valence-electron chi connectivity index (χ0n) is 26.9. The Morgan fingerprint density at radius 2 is 1.18 bits per heavy atom. The molecular formula is C36H54MnN2O. The molecule has 0 N–H and O–H groups in total. The van der Waals surface area contributed by atoms with Crippen molar-refractivity contribution >= 4 is 17.1 Å². The SMILES string of the molecule is C1CCOC1.C=C[CH2-].CC(/C=C(/C)[N-]c1c(C(C)C)cccc1C(C)C)=Nc1c(C(C)C)cccc1C(C)C.[Mn+2]. The van der Waals surface area contributed by atoms with Gasteiger partial charge in [0.2, 0.25) is 0 Å². The van der Waals surface area contributed by atoms with Gasteiger partial charge in [0, 0.05) is 18.9 Å². The van der Waals surface area contributed by atoms with Crippen LogP contribution in [0.3, 0.4) is 0 Å². The molecule has 40 heavy (non-hydrogen) atoms. The molecule has 1 fully saturated rings. The molecule has 221 valence electrons. The number of benzene rings is 2. The first-order valence-corrected chi connectivity index (χ1v) is 14.6. The predicted octanol–water partition coefficient (Wildman–Crippen LogP) is 11.7. The average Bonchev–Trinajstić information content (AvgIpc) is 3.44. The van der Waals surface area contributed by atoms with E-state index in [-0.39, 0.29) is 17.1 Å². The number of aliphatic imine (C=N–C) groups is 1. The second kappa shape index (κ2) is 19.8. The molecule has 4 heteroatoms. The van der Waals surface area contributed by atoms with Gasteiger partial charge in [-0.1, -0.05) is 116 Å². The van der Waals surface area contributed by atoms with Crippen LogP contribution >= 0.6 is 0 Å². The van der Waals surface area contributed by atoms with Crippen molar-refractivity contribution < 1.29 is 21.8 Å². The van der Waals surface area contributed by atoms with Crippen LogP contribution in [0, 0.1) is 6.92 Å². The van der Waals surface area contributed by atoms with Gasteiger partial charge < -0.3 is 10.1 Å². The van der Waals surface area contributed by atoms with Gasteiger partial charge in [0.1, 0.15) is 0 Å². The van der Waals surface area contributed by atoms with Crippen molar-refractivity contribution in [2.24, 2.45) is 4.99 Å². The number of rotatable bonds is 8. The Kier molecular flexibility index (Phi) is 18.6. The third-order valence-electron chi connectivity index (χ3n) is 6.51. The van der Waals surface area contributed by atoms with Gasteiger partial charge in [-0.2, -0.15) is 5.70 Å². The molecular weight excluding hydrogens is 531 g/mol. The molecule has 0 bridgehead atoms. The van der Waals surface area contributed by atoms with E-state index in [0.29, 0.717) is 23.7 Å². The minimum absolute atomic E-state index is 0. The summed E-state index contributed by atoms with van der Waals surface area (Å²) in [6.45, 7) is 30.6. The minimum Gasteiger partial charge on any atom is -0.661 e. The van der Waals surface area contributed by atoms with Crippen LogP contribution in [-0.4, -0.2) is 18.9 Å². The molecule has 0 saturated carbocycles. The third-order valence-corrected chi connectivity index (χ3v) is 6.51. The van der Waals surface area contributed by atoms with Crippen LogP contribution in [0.5, 0.6) is 0 Å². The molecule has 1 saturated heterocycles. The van der Waals surface area contributed by atoms with Gasteiger partial charge in [-0.05, 0) is 54.6 Å². The molecule has 0 atom stereocenters. The molecule has 0 aromatic heterocycles. The van der Waals surface area contributed by atoms with Crippen molar-refractivity contribution in [1.29, 1.82) is 0 Å². The number of ether oxygens (including phenoxy) is 1. The molecule has 2 aromatic carbocycles. The van der Waals surface area contributed by atoms with E-state index in [0.717, 1.165) is 36.0 Å². The first-order chi connectivity index (χ1) is 18.4. The molecule has 0 unspecified atom stereocenters. The second-order valence-electron chi connectivity index (χ2n) is 11.4. The van der Waals surface area contributed by atoms with Gasteiger partial charge in [0.25, 0.3) is 0 Å². The fraction of sp³-hybridized carbons (Fsp3) is 0.500. The summed E-state index contributed by atoms with van der Waals surface area (Å²) in [6, 6.07) is 13.1. The summed E-state index contributed by atoms with van der Waals surface area (Å²) in [6.07, 6.45) is 6.17. The number of hydrogen-bond acceptors (Lipinski definition) is 2. The zero-order valence-corrected chi connectivity index (χ0v) is 28.0. The molecule has 2 aromatic rings. The van der Waals surface area contributed by atoms with E-state index in [1.54, 1.807) is 0 Å². The molecule has 1 aliphatic heterocycles. The van der Waals surface area contributed by atoms with Crippen LogP contribution in [0.2, 0.25) is 0 Å². The maximum Gasteiger partial charge on any atom is 2.00 e. The van der Waals surface area contributed by atoms with Gasteiger partial charge in [-0.3, -0.25) is 4.99 Å². The standard InChI is InChI=1S/C29H41N2.C4H8O.C3H5.Mn/c1-18(2)24-13-11-14-25(19(3)4)28(24)30-22(9)17-23(10)31-29-26(20(5)6)15-12-16-27(29)21(7)8;1-2-4-5-3-1;1-3-2;/h11-21H,1-10H3;1-4H2;3H,1-2H2;/q-1;;-1;+2/b22-17-,31-23?;;;. The van der Waals surface area contributed by atoms with E-state index in [1.807, 2.05) is 0 Å². The van der Waals surface area contributed by atoms with Gasteiger partial charge in [0.15, 0.2) is 0 Å². The molecule has 1 aliphatic rings. The molecule has 3 rings (SSSR count). The average molecular weight is 586 g/mol. The van der Waals surface area contributed by atoms with E-state index in [1.165, 1.54) is 41.2 Å². The Bertz CT molecular complexity index is 1020.